The molecule has 0 N–H and O–H groups in total. The Bertz CT molecular complexity index is 1620. The molecular formula is C30H26N4O3. The zero-order valence-electron chi connectivity index (χ0n) is 20.6. The minimum atomic E-state index is -0.128. The Morgan fingerprint density at radius 1 is 0.946 bits per heavy atom. The summed E-state index contributed by atoms with van der Waals surface area (Å²) in [7, 11) is 1.61. The van der Waals surface area contributed by atoms with Crippen LogP contribution in [0.4, 0.5) is 0 Å². The molecule has 7 nitrogen and oxygen atoms in total. The van der Waals surface area contributed by atoms with E-state index in [1.54, 1.807) is 23.9 Å². The van der Waals surface area contributed by atoms with E-state index >= 15 is 0 Å². The lowest BCUT2D eigenvalue weighted by Gasteiger charge is -2.19. The van der Waals surface area contributed by atoms with Crippen molar-refractivity contribution in [1.29, 1.82) is 0 Å². The van der Waals surface area contributed by atoms with Gasteiger partial charge >= 0.3 is 0 Å². The van der Waals surface area contributed by atoms with Crippen LogP contribution in [0, 0.1) is 0 Å². The molecule has 0 fully saturated rings. The fourth-order valence-corrected chi connectivity index (χ4v) is 5.21. The van der Waals surface area contributed by atoms with Crippen LogP contribution >= 0.6 is 0 Å². The molecular weight excluding hydrogens is 464 g/mol. The van der Waals surface area contributed by atoms with E-state index in [9.17, 15) is 9.59 Å². The Morgan fingerprint density at radius 2 is 1.76 bits per heavy atom. The van der Waals surface area contributed by atoms with E-state index < -0.39 is 0 Å². The monoisotopic (exact) mass is 490 g/mol. The number of hydrogen-bond acceptors (Lipinski definition) is 5. The van der Waals surface area contributed by atoms with Gasteiger partial charge in [0.15, 0.2) is 0 Å². The molecule has 1 aliphatic heterocycles. The molecule has 3 heterocycles. The Hall–Kier alpha value is -4.52. The summed E-state index contributed by atoms with van der Waals surface area (Å²) in [4.78, 5) is 38.2. The zero-order valence-corrected chi connectivity index (χ0v) is 20.6. The molecule has 0 saturated carbocycles. The van der Waals surface area contributed by atoms with Gasteiger partial charge in [-0.15, -0.1) is 0 Å². The van der Waals surface area contributed by atoms with Crippen LogP contribution in [0.2, 0.25) is 0 Å². The standard InChI is InChI=1S/C30H26N4O3/c1-37-21-14-12-20(13-15-21)34-28(32-27-11-3-2-7-24(27)30(34)36)16-18-33-19-25-22(26-10-4-5-17-31-26)8-6-9-23(25)29(33)35/h2-5,7-8,10-15,17H,6,9,16,18-19H2,1H3. The number of para-hydroxylation sites is 1. The van der Waals surface area contributed by atoms with Crippen molar-refractivity contribution in [3.8, 4) is 11.4 Å². The predicted molar refractivity (Wildman–Crippen MR) is 143 cm³/mol. The number of aromatic nitrogens is 3. The van der Waals surface area contributed by atoms with E-state index in [-0.39, 0.29) is 11.5 Å². The molecule has 1 aliphatic carbocycles. The van der Waals surface area contributed by atoms with E-state index in [0.29, 0.717) is 47.7 Å². The topological polar surface area (TPSA) is 77.3 Å². The maximum Gasteiger partial charge on any atom is 0.265 e. The molecule has 2 aromatic heterocycles. The van der Waals surface area contributed by atoms with E-state index in [0.717, 1.165) is 35.3 Å². The van der Waals surface area contributed by atoms with Crippen LogP contribution in [0.25, 0.3) is 22.2 Å². The highest BCUT2D eigenvalue weighted by Gasteiger charge is 2.33. The molecule has 7 heteroatoms. The number of carbonyl (C=O) groups is 1. The van der Waals surface area contributed by atoms with Gasteiger partial charge in [0.25, 0.3) is 5.56 Å². The number of benzene rings is 2. The van der Waals surface area contributed by atoms with Gasteiger partial charge in [-0.25, -0.2) is 4.98 Å². The van der Waals surface area contributed by atoms with Crippen molar-refractivity contribution in [1.82, 2.24) is 19.4 Å². The Balaban J connectivity index is 1.31. The first-order valence-corrected chi connectivity index (χ1v) is 12.4. The number of carbonyl (C=O) groups excluding carboxylic acids is 1. The van der Waals surface area contributed by atoms with Gasteiger partial charge in [0.05, 0.1) is 29.4 Å². The van der Waals surface area contributed by atoms with Gasteiger partial charge in [0, 0.05) is 36.9 Å². The lowest BCUT2D eigenvalue weighted by molar-refractivity contribution is -0.125. The Labute approximate surface area is 214 Å². The van der Waals surface area contributed by atoms with Gasteiger partial charge in [0.2, 0.25) is 5.91 Å². The lowest BCUT2D eigenvalue weighted by Crippen LogP contribution is -2.32. The quantitative estimate of drug-likeness (QED) is 0.402. The summed E-state index contributed by atoms with van der Waals surface area (Å²) >= 11 is 0. The molecule has 184 valence electrons. The second-order valence-electron chi connectivity index (χ2n) is 9.19. The van der Waals surface area contributed by atoms with Crippen LogP contribution in [-0.2, 0) is 11.2 Å². The molecule has 0 spiro atoms. The van der Waals surface area contributed by atoms with Crippen LogP contribution in [0.1, 0.15) is 24.4 Å². The molecule has 2 aliphatic rings. The summed E-state index contributed by atoms with van der Waals surface area (Å²) in [5.41, 5.74) is 5.13. The van der Waals surface area contributed by atoms with Crippen LogP contribution in [0.3, 0.4) is 0 Å². The summed E-state index contributed by atoms with van der Waals surface area (Å²) in [6.45, 7) is 0.999. The average molecular weight is 491 g/mol. The summed E-state index contributed by atoms with van der Waals surface area (Å²) in [6.07, 6.45) is 5.98. The Kier molecular flexibility index (Phi) is 5.88. The van der Waals surface area contributed by atoms with E-state index in [2.05, 4.69) is 11.1 Å². The number of allylic oxidation sites excluding steroid dienone is 1. The summed E-state index contributed by atoms with van der Waals surface area (Å²) in [5, 5.41) is 0.557. The Morgan fingerprint density at radius 3 is 2.54 bits per heavy atom. The number of ether oxygens (including phenoxy) is 1. The van der Waals surface area contributed by atoms with Crippen molar-refractivity contribution in [2.75, 3.05) is 20.2 Å². The maximum absolute atomic E-state index is 13.6. The van der Waals surface area contributed by atoms with E-state index in [1.165, 1.54) is 0 Å². The second-order valence-corrected chi connectivity index (χ2v) is 9.19. The average Bonchev–Trinajstić information content (AvgIpc) is 3.28. The third kappa shape index (κ3) is 4.12. The zero-order chi connectivity index (χ0) is 25.4. The third-order valence-electron chi connectivity index (χ3n) is 7.05. The maximum atomic E-state index is 13.6. The van der Waals surface area contributed by atoms with Crippen LogP contribution in [0.5, 0.6) is 5.75 Å². The number of hydrogen-bond donors (Lipinski definition) is 0. The predicted octanol–water partition coefficient (Wildman–Crippen LogP) is 4.35. The number of pyridine rings is 1. The van der Waals surface area contributed by atoms with Gasteiger partial charge < -0.3 is 9.64 Å². The van der Waals surface area contributed by atoms with Crippen LogP contribution in [0.15, 0.2) is 94.9 Å². The lowest BCUT2D eigenvalue weighted by atomic mass is 9.90. The fourth-order valence-electron chi connectivity index (χ4n) is 5.21. The minimum absolute atomic E-state index is 0.0654. The smallest absolute Gasteiger partial charge is 0.265 e. The SMILES string of the molecule is COc1ccc(-n2c(CCN3CC4=C(CCC=C4c4ccccn4)C3=O)nc3ccccc3c2=O)cc1. The number of methoxy groups -OCH3 is 1. The second kappa shape index (κ2) is 9.50. The first-order valence-electron chi connectivity index (χ1n) is 12.4. The van der Waals surface area contributed by atoms with Crippen molar-refractivity contribution in [2.24, 2.45) is 0 Å². The van der Waals surface area contributed by atoms with Gasteiger partial charge in [-0.3, -0.25) is 19.1 Å². The third-order valence-corrected chi connectivity index (χ3v) is 7.05. The first-order chi connectivity index (χ1) is 18.1. The van der Waals surface area contributed by atoms with Gasteiger partial charge in [0.1, 0.15) is 11.6 Å². The number of nitrogens with zero attached hydrogens (tertiary/aromatic N) is 4. The number of rotatable bonds is 6. The molecule has 0 atom stereocenters. The van der Waals surface area contributed by atoms with E-state index in [4.69, 9.17) is 9.72 Å². The molecule has 4 aromatic rings. The highest BCUT2D eigenvalue weighted by molar-refractivity contribution is 6.03. The van der Waals surface area contributed by atoms with Crippen molar-refractivity contribution < 1.29 is 9.53 Å². The van der Waals surface area contributed by atoms with Crippen molar-refractivity contribution in [3.63, 3.8) is 0 Å². The largest absolute Gasteiger partial charge is 0.497 e. The number of amides is 1. The fraction of sp³-hybridized carbons (Fsp3) is 0.200. The van der Waals surface area contributed by atoms with Crippen molar-refractivity contribution >= 4 is 22.4 Å². The molecule has 0 radical (unpaired) electrons. The molecule has 6 rings (SSSR count). The molecule has 0 unspecified atom stereocenters. The van der Waals surface area contributed by atoms with E-state index in [1.807, 2.05) is 65.6 Å². The first kappa shape index (κ1) is 22.9. The number of fused-ring (bicyclic) bond motifs is 1. The molecule has 0 bridgehead atoms. The highest BCUT2D eigenvalue weighted by Crippen LogP contribution is 2.37. The van der Waals surface area contributed by atoms with Crippen molar-refractivity contribution in [2.45, 2.75) is 19.3 Å². The van der Waals surface area contributed by atoms with Gasteiger partial charge in [-0.2, -0.15) is 0 Å². The molecule has 0 saturated heterocycles. The summed E-state index contributed by atoms with van der Waals surface area (Å²) in [6, 6.07) is 20.6. The molecule has 2 aromatic carbocycles. The van der Waals surface area contributed by atoms with Crippen LogP contribution < -0.4 is 10.3 Å². The van der Waals surface area contributed by atoms with Crippen LogP contribution in [-0.4, -0.2) is 45.5 Å². The normalized spacial score (nSPS) is 15.2. The van der Waals surface area contributed by atoms with Crippen molar-refractivity contribution in [3.05, 3.63) is 112 Å². The molecule has 37 heavy (non-hydrogen) atoms. The summed E-state index contributed by atoms with van der Waals surface area (Å²) < 4.78 is 6.94. The highest BCUT2D eigenvalue weighted by atomic mass is 16.5. The summed E-state index contributed by atoms with van der Waals surface area (Å²) in [5.74, 6) is 1.39. The van der Waals surface area contributed by atoms with Gasteiger partial charge in [-0.05, 0) is 66.9 Å². The minimum Gasteiger partial charge on any atom is -0.497 e. The molecule has 1 amide bonds. The van der Waals surface area contributed by atoms with Gasteiger partial charge in [-0.1, -0.05) is 24.3 Å².